The summed E-state index contributed by atoms with van der Waals surface area (Å²) in [6.45, 7) is 7.94. The van der Waals surface area contributed by atoms with Gasteiger partial charge in [-0.1, -0.05) is 22.9 Å². The number of carbonyl (C=O) groups excluding carboxylic acids is 2. The van der Waals surface area contributed by atoms with Gasteiger partial charge >= 0.3 is 6.16 Å². The highest BCUT2D eigenvalue weighted by atomic mass is 79.9. The predicted octanol–water partition coefficient (Wildman–Crippen LogP) is 3.48. The number of ether oxygens (including phenoxy) is 3. The summed E-state index contributed by atoms with van der Waals surface area (Å²) in [5.74, 6) is -0.804. The van der Waals surface area contributed by atoms with E-state index < -0.39 is 23.7 Å². The molecule has 2 rings (SSSR count). The number of aryl methyl sites for hydroxylation is 2. The molecule has 26 heavy (non-hydrogen) atoms. The van der Waals surface area contributed by atoms with Gasteiger partial charge in [-0.15, -0.1) is 0 Å². The zero-order valence-corrected chi connectivity index (χ0v) is 17.4. The normalized spacial score (nSPS) is 25.1. The van der Waals surface area contributed by atoms with E-state index in [0.717, 1.165) is 27.6 Å². The fourth-order valence-electron chi connectivity index (χ4n) is 3.65. The number of benzene rings is 1. The van der Waals surface area contributed by atoms with Crippen LogP contribution >= 0.6 is 15.9 Å². The minimum atomic E-state index is -0.839. The summed E-state index contributed by atoms with van der Waals surface area (Å²) in [6.07, 6.45) is -0.764. The van der Waals surface area contributed by atoms with Crippen molar-refractivity contribution >= 4 is 28.0 Å². The standard InChI is InChI=1S/C19H26BrNO5/c1-6-12-9-13(20)8-11(3)14(12)15-16(26-18(23)25-7-2)19(4,10-24-5)21-17(15)22/h8-9,15-16H,6-7,10H2,1-5H3,(H,21,22). The molecule has 0 aromatic heterocycles. The lowest BCUT2D eigenvalue weighted by Crippen LogP contribution is -2.51. The second kappa shape index (κ2) is 8.39. The van der Waals surface area contributed by atoms with E-state index in [2.05, 4.69) is 21.2 Å². The first-order chi connectivity index (χ1) is 12.3. The molecule has 0 bridgehead atoms. The van der Waals surface area contributed by atoms with E-state index in [-0.39, 0.29) is 19.1 Å². The van der Waals surface area contributed by atoms with Crippen LogP contribution in [0.5, 0.6) is 0 Å². The maximum absolute atomic E-state index is 12.9. The monoisotopic (exact) mass is 427 g/mol. The lowest BCUT2D eigenvalue weighted by Gasteiger charge is -2.32. The van der Waals surface area contributed by atoms with Gasteiger partial charge in [0.15, 0.2) is 0 Å². The van der Waals surface area contributed by atoms with Crippen LogP contribution in [0.3, 0.4) is 0 Å². The van der Waals surface area contributed by atoms with Crippen LogP contribution < -0.4 is 5.32 Å². The van der Waals surface area contributed by atoms with E-state index in [1.165, 1.54) is 0 Å². The first kappa shape index (κ1) is 20.7. The minimum Gasteiger partial charge on any atom is -0.435 e. The van der Waals surface area contributed by atoms with E-state index in [9.17, 15) is 9.59 Å². The molecule has 1 heterocycles. The first-order valence-corrected chi connectivity index (χ1v) is 9.50. The fraction of sp³-hybridized carbons (Fsp3) is 0.579. The summed E-state index contributed by atoms with van der Waals surface area (Å²) >= 11 is 3.51. The summed E-state index contributed by atoms with van der Waals surface area (Å²) in [7, 11) is 1.55. The Bertz CT molecular complexity index is 693. The van der Waals surface area contributed by atoms with Crippen LogP contribution in [0.2, 0.25) is 0 Å². The SMILES string of the molecule is CCOC(=O)OC1C(c2c(C)cc(Br)cc2CC)C(=O)NC1(C)COC. The lowest BCUT2D eigenvalue weighted by molar-refractivity contribution is -0.121. The van der Waals surface area contributed by atoms with Crippen molar-refractivity contribution in [1.29, 1.82) is 0 Å². The third-order valence-corrected chi connectivity index (χ3v) is 5.14. The Labute approximate surface area is 162 Å². The first-order valence-electron chi connectivity index (χ1n) is 8.70. The predicted molar refractivity (Wildman–Crippen MR) is 101 cm³/mol. The molecule has 1 saturated heterocycles. The molecule has 0 saturated carbocycles. The van der Waals surface area contributed by atoms with Gasteiger partial charge in [0, 0.05) is 11.6 Å². The average molecular weight is 428 g/mol. The van der Waals surface area contributed by atoms with Crippen LogP contribution in [0.25, 0.3) is 0 Å². The lowest BCUT2D eigenvalue weighted by atomic mass is 9.82. The molecule has 144 valence electrons. The highest BCUT2D eigenvalue weighted by molar-refractivity contribution is 9.10. The number of amides is 1. The highest BCUT2D eigenvalue weighted by Crippen LogP contribution is 2.40. The van der Waals surface area contributed by atoms with Crippen molar-refractivity contribution in [2.45, 2.75) is 51.7 Å². The number of methoxy groups -OCH3 is 1. The molecule has 1 N–H and O–H groups in total. The van der Waals surface area contributed by atoms with Gasteiger partial charge in [0.05, 0.1) is 18.8 Å². The van der Waals surface area contributed by atoms with Crippen molar-refractivity contribution in [3.8, 4) is 0 Å². The van der Waals surface area contributed by atoms with E-state index in [1.54, 1.807) is 14.0 Å². The Kier molecular flexibility index (Phi) is 6.69. The van der Waals surface area contributed by atoms with Gasteiger partial charge in [-0.05, 0) is 56.0 Å². The summed E-state index contributed by atoms with van der Waals surface area (Å²) < 4.78 is 16.8. The molecule has 0 spiro atoms. The third-order valence-electron chi connectivity index (χ3n) is 4.68. The number of carbonyl (C=O) groups is 2. The Morgan fingerprint density at radius 2 is 2.04 bits per heavy atom. The van der Waals surface area contributed by atoms with Crippen molar-refractivity contribution in [1.82, 2.24) is 5.32 Å². The van der Waals surface area contributed by atoms with Crippen molar-refractivity contribution in [2.75, 3.05) is 20.3 Å². The molecule has 3 atom stereocenters. The zero-order valence-electron chi connectivity index (χ0n) is 15.8. The Morgan fingerprint density at radius 3 is 2.62 bits per heavy atom. The van der Waals surface area contributed by atoms with Crippen molar-refractivity contribution in [3.05, 3.63) is 33.3 Å². The Balaban J connectivity index is 2.54. The largest absolute Gasteiger partial charge is 0.508 e. The molecule has 1 fully saturated rings. The number of nitrogens with one attached hydrogen (secondary N) is 1. The van der Waals surface area contributed by atoms with Crippen LogP contribution in [-0.2, 0) is 25.4 Å². The van der Waals surface area contributed by atoms with E-state index in [0.29, 0.717) is 0 Å². The van der Waals surface area contributed by atoms with Gasteiger partial charge in [-0.3, -0.25) is 4.79 Å². The summed E-state index contributed by atoms with van der Waals surface area (Å²) in [4.78, 5) is 24.9. The van der Waals surface area contributed by atoms with Crippen molar-refractivity contribution < 1.29 is 23.8 Å². The molecule has 0 aliphatic carbocycles. The number of halogens is 1. The summed E-state index contributed by atoms with van der Waals surface area (Å²) in [6, 6.07) is 3.97. The smallest absolute Gasteiger partial charge is 0.435 e. The molecular formula is C19H26BrNO5. The highest BCUT2D eigenvalue weighted by Gasteiger charge is 2.54. The van der Waals surface area contributed by atoms with Gasteiger partial charge in [0.25, 0.3) is 0 Å². The average Bonchev–Trinajstić information content (AvgIpc) is 2.78. The maximum Gasteiger partial charge on any atom is 0.508 e. The molecule has 1 aliphatic rings. The van der Waals surface area contributed by atoms with Crippen molar-refractivity contribution in [2.24, 2.45) is 0 Å². The topological polar surface area (TPSA) is 73.9 Å². The van der Waals surface area contributed by atoms with Gasteiger partial charge in [0.2, 0.25) is 5.91 Å². The number of hydrogen-bond donors (Lipinski definition) is 1. The molecule has 1 aliphatic heterocycles. The minimum absolute atomic E-state index is 0.182. The van der Waals surface area contributed by atoms with Crippen LogP contribution in [0, 0.1) is 6.92 Å². The van der Waals surface area contributed by atoms with Crippen molar-refractivity contribution in [3.63, 3.8) is 0 Å². The molecule has 6 nitrogen and oxygen atoms in total. The molecule has 7 heteroatoms. The number of rotatable bonds is 6. The number of hydrogen-bond acceptors (Lipinski definition) is 5. The molecule has 1 amide bonds. The maximum atomic E-state index is 12.9. The van der Waals surface area contributed by atoms with Gasteiger partial charge in [-0.2, -0.15) is 0 Å². The van der Waals surface area contributed by atoms with Gasteiger partial charge in [0.1, 0.15) is 12.0 Å². The molecule has 1 aromatic rings. The molecule has 0 radical (unpaired) electrons. The van der Waals surface area contributed by atoms with Crippen LogP contribution in [0.1, 0.15) is 43.4 Å². The van der Waals surface area contributed by atoms with E-state index in [1.807, 2.05) is 32.9 Å². The van der Waals surface area contributed by atoms with Crippen LogP contribution in [0.15, 0.2) is 16.6 Å². The molecule has 3 unspecified atom stereocenters. The van der Waals surface area contributed by atoms with E-state index in [4.69, 9.17) is 14.2 Å². The summed E-state index contributed by atoms with van der Waals surface area (Å²) in [5, 5.41) is 2.96. The molecular weight excluding hydrogens is 402 g/mol. The third kappa shape index (κ3) is 4.04. The Morgan fingerprint density at radius 1 is 1.35 bits per heavy atom. The van der Waals surface area contributed by atoms with Crippen LogP contribution in [-0.4, -0.2) is 44.0 Å². The van der Waals surface area contributed by atoms with Gasteiger partial charge in [-0.25, -0.2) is 4.79 Å². The summed E-state index contributed by atoms with van der Waals surface area (Å²) in [5.41, 5.74) is 2.06. The molecule has 1 aromatic carbocycles. The zero-order chi connectivity index (χ0) is 19.5. The second-order valence-electron chi connectivity index (χ2n) is 6.69. The van der Waals surface area contributed by atoms with Gasteiger partial charge < -0.3 is 19.5 Å². The Hall–Kier alpha value is -1.60. The quantitative estimate of drug-likeness (QED) is 0.703. The fourth-order valence-corrected chi connectivity index (χ4v) is 4.27. The van der Waals surface area contributed by atoms with Crippen LogP contribution in [0.4, 0.5) is 4.79 Å². The van der Waals surface area contributed by atoms with E-state index >= 15 is 0 Å². The second-order valence-corrected chi connectivity index (χ2v) is 7.60.